The number of carbonyl (C=O) groups is 9. The van der Waals surface area contributed by atoms with Crippen LogP contribution in [0.5, 0.6) is 0 Å². The van der Waals surface area contributed by atoms with Crippen LogP contribution in [0.25, 0.3) is 0 Å². The number of ether oxygens (including phenoxy) is 15. The summed E-state index contributed by atoms with van der Waals surface area (Å²) in [6.45, 7) is 32.6. The van der Waals surface area contributed by atoms with E-state index >= 15 is 0 Å². The summed E-state index contributed by atoms with van der Waals surface area (Å²) in [7, 11) is 0. The molecule has 2 saturated carbocycles. The molecule has 5 aliphatic carbocycles. The van der Waals surface area contributed by atoms with E-state index in [1.165, 1.54) is 135 Å². The van der Waals surface area contributed by atoms with Crippen molar-refractivity contribution < 1.29 is 127 Å². The molecular formula is C118H163F3O24. The fourth-order valence-electron chi connectivity index (χ4n) is 24.6. The van der Waals surface area contributed by atoms with Crippen LogP contribution in [0.1, 0.15) is 257 Å². The molecule has 20 bridgehead atoms. The normalized spacial score (nSPS) is 37.3. The third-order valence-corrected chi connectivity index (χ3v) is 32.9. The highest BCUT2D eigenvalue weighted by Gasteiger charge is 2.60. The van der Waals surface area contributed by atoms with Crippen LogP contribution < -0.4 is 0 Å². The van der Waals surface area contributed by atoms with Gasteiger partial charge in [0, 0.05) is 35.5 Å². The standard InChI is InChI=1S/C20H34O3.C18H30O3.C14H22O3.C12H18O3.C10H14O3.C10H10O2.2C9H8O3.C8H7F3O.C7H8.CH4/c1-3-4-5-6-7-8-9-10-11-12-15-22-20(21)19-16(2)17-13-14-18(19)23-17;1-3-4-5-6-7-8-9-10-13-20-18(19)17-14(2)15-11-12-16(17)21-15;1-3-4-5-6-9-16-14(15)13-10(2)11-7-8-12(13)17-11;1-3-4-7-14-12(13)11-8(2)9-5-6-10(11)15-9;1-3-12-10(11)9-6(2)7-4-5-8(9)13-7;1-5-8-6-2-3-7(4-6)9(8)10(11)12-5;1-4-7-5-2-3-6(12-5)8(7)9(10)11-4;10-4-3-5(11)9-7-2-1-6(12-7)8(4)9;1-4-5-2-3-6(12-5)7(4)8(9,10)11;1-2-7-4-3-6(1)5-7;/h13-14,16-19H,3-12,15H2,1-2H3;11-12,14-17H,3-10,13H2,1-2H3;7-8,10-13H,3-6,9H2,1-2H3;5-6,8-11H,3-4,7H2,1-2H3;4-9H,3H2,1-2H3;2-3,6-9H,1,4H2;2-3,5-8H,1H2;1-2,6-9H,3H2;2-3,5-6H,1H3;1-4,6-7H,5H2;1H4. The van der Waals surface area contributed by atoms with Crippen LogP contribution in [0, 0.1) is 118 Å². The number of allylic oxidation sites excluding steroid dienone is 7. The molecule has 34 unspecified atom stereocenters. The molecule has 18 heterocycles. The Morgan fingerprint density at radius 1 is 0.310 bits per heavy atom. The first kappa shape index (κ1) is 114. The summed E-state index contributed by atoms with van der Waals surface area (Å²) in [5.41, 5.74) is -0.218. The molecule has 145 heavy (non-hydrogen) atoms. The van der Waals surface area contributed by atoms with Crippen LogP contribution in [-0.4, -0.2) is 190 Å². The van der Waals surface area contributed by atoms with Gasteiger partial charge in [-0.15, -0.1) is 0 Å². The monoisotopic (exact) mass is 2020 g/mol. The van der Waals surface area contributed by atoms with Crippen molar-refractivity contribution in [3.05, 3.63) is 169 Å². The molecule has 0 aromatic rings. The Hall–Kier alpha value is -8.54. The van der Waals surface area contributed by atoms with Crippen molar-refractivity contribution in [3.63, 3.8) is 0 Å². The molecule has 34 atom stereocenters. The summed E-state index contributed by atoms with van der Waals surface area (Å²) in [6, 6.07) is 0. The number of hydrogen-bond donors (Lipinski definition) is 0. The van der Waals surface area contributed by atoms with E-state index in [1.54, 1.807) is 6.08 Å². The van der Waals surface area contributed by atoms with Gasteiger partial charge >= 0.3 is 48.0 Å². The van der Waals surface area contributed by atoms with E-state index in [0.29, 0.717) is 67.9 Å². The Kier molecular flexibility index (Phi) is 42.1. The highest BCUT2D eigenvalue weighted by atomic mass is 19.4. The van der Waals surface area contributed by atoms with Gasteiger partial charge < -0.3 is 71.1 Å². The van der Waals surface area contributed by atoms with Crippen LogP contribution in [0.15, 0.2) is 169 Å². The number of alkyl halides is 3. The lowest BCUT2D eigenvalue weighted by Gasteiger charge is -2.19. The number of Topliss-reactive ketones (excluding diaryl/α,β-unsaturated/α-hetero) is 2. The summed E-state index contributed by atoms with van der Waals surface area (Å²) >= 11 is 0. The Balaban J connectivity index is 0.000000136. The lowest BCUT2D eigenvalue weighted by atomic mass is 9.84. The first-order valence-corrected chi connectivity index (χ1v) is 54.7. The predicted molar refractivity (Wildman–Crippen MR) is 542 cm³/mol. The van der Waals surface area contributed by atoms with Crippen LogP contribution >= 0.6 is 0 Å². The summed E-state index contributed by atoms with van der Waals surface area (Å²) in [6.07, 6.45) is 71.5. The quantitative estimate of drug-likeness (QED) is 0.0190. The fourth-order valence-corrected chi connectivity index (χ4v) is 24.6. The lowest BCUT2D eigenvalue weighted by molar-refractivity contribution is -0.151. The minimum atomic E-state index is -4.24. The van der Waals surface area contributed by atoms with Gasteiger partial charge in [-0.05, 0) is 81.6 Å². The lowest BCUT2D eigenvalue weighted by Crippen LogP contribution is -2.31. The number of hydrogen-bond acceptors (Lipinski definition) is 24. The highest BCUT2D eigenvalue weighted by Crippen LogP contribution is 2.56. The second-order valence-corrected chi connectivity index (χ2v) is 42.8. The largest absolute Gasteiger partial charge is 0.466 e. The average Bonchev–Trinajstić information content (AvgIpc) is 1.59. The summed E-state index contributed by atoms with van der Waals surface area (Å²) in [5, 5.41) is 0. The molecule has 9 saturated heterocycles. The number of carbonyl (C=O) groups excluding carboxylic acids is 9. The Bertz CT molecular complexity index is 4550. The Labute approximate surface area is 857 Å². The van der Waals surface area contributed by atoms with E-state index in [0.717, 1.165) is 56.8 Å². The van der Waals surface area contributed by atoms with Gasteiger partial charge in [-0.1, -0.05) is 345 Å². The van der Waals surface area contributed by atoms with Crippen LogP contribution in [0.4, 0.5) is 13.2 Å². The zero-order valence-corrected chi connectivity index (χ0v) is 86.5. The van der Waals surface area contributed by atoms with Gasteiger partial charge in [0.25, 0.3) is 0 Å². The van der Waals surface area contributed by atoms with Crippen molar-refractivity contribution in [2.75, 3.05) is 33.0 Å². The smallest absolute Gasteiger partial charge is 0.415 e. The third-order valence-electron chi connectivity index (χ3n) is 32.9. The topological polar surface area (TPSA) is 292 Å². The number of ketones is 2. The fraction of sp³-hybridized carbons (Fsp3) is 0.686. The van der Waals surface area contributed by atoms with E-state index in [1.807, 2.05) is 80.7 Å². The second-order valence-electron chi connectivity index (χ2n) is 42.8. The van der Waals surface area contributed by atoms with E-state index in [-0.39, 0.29) is 241 Å². The predicted octanol–water partition coefficient (Wildman–Crippen LogP) is 21.9. The highest BCUT2D eigenvalue weighted by molar-refractivity contribution is 6.10. The van der Waals surface area contributed by atoms with E-state index in [2.05, 4.69) is 123 Å². The molecule has 27 heteroatoms. The minimum absolute atomic E-state index is 0. The Morgan fingerprint density at radius 2 is 0.586 bits per heavy atom. The summed E-state index contributed by atoms with van der Waals surface area (Å²) in [5.74, 6) is 4.26. The first-order chi connectivity index (χ1) is 69.4. The molecule has 0 spiro atoms. The zero-order valence-electron chi connectivity index (χ0n) is 86.5. The molecule has 800 valence electrons. The van der Waals surface area contributed by atoms with Gasteiger partial charge in [0.1, 0.15) is 29.2 Å². The summed E-state index contributed by atoms with van der Waals surface area (Å²) in [4.78, 5) is 105. The molecule has 23 aliphatic rings. The SMILES string of the molecule is C.C1=CC2C=CC1C2.C=C1OC(=O)C2C3C=CC(C3)C12.C=C1OC(=O)C2C3C=CC(O3)C12.CC1=C(C(F)(F)F)C2C=CC1O2.CCCCCCCCCCCCOC(=O)C1C2C=CC(O2)C1C.CCCCCCCCCCOC(=O)C1C2C=CC(O2)C1C.CCCCCCOC(=O)C1C2C=CC(O2)C1C.CCCCOC(=O)C1C2C=CC(O2)C1C.CCOC(=O)C1C2C=CC(O2)C1C.O=C1CC(=O)C2C3C=CC(O3)C12. The minimum Gasteiger partial charge on any atom is -0.466 e. The van der Waals surface area contributed by atoms with Crippen molar-refractivity contribution in [1.29, 1.82) is 0 Å². The van der Waals surface area contributed by atoms with E-state index < -0.39 is 24.0 Å². The number of fused-ring (bicyclic) bond motifs is 29. The van der Waals surface area contributed by atoms with E-state index in [4.69, 9.17) is 71.1 Å². The number of unbranched alkanes of at least 4 members (excludes halogenated alkanes) is 20. The van der Waals surface area contributed by atoms with Gasteiger partial charge in [-0.25, -0.2) is 0 Å². The first-order valence-electron chi connectivity index (χ1n) is 54.7. The molecule has 23 rings (SSSR count). The van der Waals surface area contributed by atoms with Crippen LogP contribution in [-0.2, 0) is 114 Å². The average molecular weight is 2020 g/mol. The zero-order chi connectivity index (χ0) is 103. The van der Waals surface area contributed by atoms with Crippen molar-refractivity contribution in [2.24, 2.45) is 118 Å². The van der Waals surface area contributed by atoms with Crippen molar-refractivity contribution in [1.82, 2.24) is 0 Å². The number of esters is 7. The van der Waals surface area contributed by atoms with Gasteiger partial charge in [0.2, 0.25) is 0 Å². The van der Waals surface area contributed by atoms with Crippen molar-refractivity contribution in [2.45, 2.75) is 361 Å². The van der Waals surface area contributed by atoms with Gasteiger partial charge in [-0.2, -0.15) is 13.2 Å². The van der Waals surface area contributed by atoms with E-state index in [9.17, 15) is 56.3 Å². The molecule has 0 aromatic carbocycles. The number of rotatable bonds is 34. The second kappa shape index (κ2) is 53.7. The van der Waals surface area contributed by atoms with Crippen LogP contribution in [0.2, 0.25) is 0 Å². The van der Waals surface area contributed by atoms with Gasteiger partial charge in [0.05, 0.1) is 196 Å². The van der Waals surface area contributed by atoms with Gasteiger partial charge in [0.15, 0.2) is 0 Å². The van der Waals surface area contributed by atoms with Crippen molar-refractivity contribution >= 4 is 53.4 Å². The molecular weight excluding hydrogens is 1860 g/mol. The molecule has 0 aromatic heterocycles. The van der Waals surface area contributed by atoms with Gasteiger partial charge in [-0.3, -0.25) is 43.2 Å². The third kappa shape index (κ3) is 27.6. The molecule has 11 fully saturated rings. The van der Waals surface area contributed by atoms with Crippen LogP contribution in [0.3, 0.4) is 0 Å². The van der Waals surface area contributed by atoms with Crippen molar-refractivity contribution in [3.8, 4) is 0 Å². The maximum Gasteiger partial charge on any atom is 0.415 e. The number of cyclic esters (lactones) is 2. The molecule has 0 radical (unpaired) electrons. The maximum absolute atomic E-state index is 12.3. The molecule has 0 amide bonds. The summed E-state index contributed by atoms with van der Waals surface area (Å²) < 4.78 is 118. The molecule has 18 aliphatic heterocycles. The number of halogens is 3. The molecule has 24 nitrogen and oxygen atoms in total. The Morgan fingerprint density at radius 3 is 0.876 bits per heavy atom. The maximum atomic E-state index is 12.3. The molecule has 0 N–H and O–H groups in total.